The Labute approximate surface area is 144 Å². The van der Waals surface area contributed by atoms with Crippen molar-refractivity contribution in [1.29, 1.82) is 0 Å². The fraction of sp³-hybridized carbons (Fsp3) is 0.267. The van der Waals surface area contributed by atoms with Gasteiger partial charge in [-0.15, -0.1) is 0 Å². The van der Waals surface area contributed by atoms with Gasteiger partial charge in [0.25, 0.3) is 15.9 Å². The van der Waals surface area contributed by atoms with Gasteiger partial charge in [-0.25, -0.2) is 13.1 Å². The van der Waals surface area contributed by atoms with E-state index < -0.39 is 15.9 Å². The van der Waals surface area contributed by atoms with Crippen molar-refractivity contribution >= 4 is 39.1 Å². The van der Waals surface area contributed by atoms with E-state index in [1.54, 1.807) is 6.08 Å². The van der Waals surface area contributed by atoms with E-state index in [2.05, 4.69) is 0 Å². The number of sulfonamides is 1. The molecule has 1 aromatic carbocycles. The van der Waals surface area contributed by atoms with Crippen molar-refractivity contribution in [2.75, 3.05) is 6.61 Å². The summed E-state index contributed by atoms with van der Waals surface area (Å²) in [6.45, 7) is 0.588. The van der Waals surface area contributed by atoms with Gasteiger partial charge in [0.15, 0.2) is 0 Å². The molecular weight excluding hydrogens is 361 g/mol. The highest BCUT2D eigenvalue weighted by atomic mass is 35.5. The van der Waals surface area contributed by atoms with Crippen LogP contribution in [0.5, 0.6) is 0 Å². The maximum Gasteiger partial charge on any atom is 0.266 e. The molecule has 122 valence electrons. The van der Waals surface area contributed by atoms with Crippen molar-refractivity contribution in [2.45, 2.75) is 12.8 Å². The molecule has 0 aromatic heterocycles. The number of rotatable bonds is 3. The molecule has 2 aliphatic rings. The Hall–Kier alpha value is -1.50. The maximum atomic E-state index is 12.4. The van der Waals surface area contributed by atoms with E-state index in [1.165, 1.54) is 24.3 Å². The Morgan fingerprint density at radius 1 is 1.26 bits per heavy atom. The largest absolute Gasteiger partial charge is 0.498 e. The average molecular weight is 374 g/mol. The van der Waals surface area contributed by atoms with E-state index in [0.717, 1.165) is 12.2 Å². The quantitative estimate of drug-likeness (QED) is 0.882. The standard InChI is InChI=1S/C15H13Cl2NO4S/c16-10-1-3-12(13(17)8-10)15(19)18-23(20,21)11-2-4-14-9(7-11)5-6-22-14/h1-4,8-9H,5-7H2,(H,18,19). The molecular formula is C15H13Cl2NO4S. The van der Waals surface area contributed by atoms with E-state index in [4.69, 9.17) is 27.9 Å². The first-order valence-electron chi connectivity index (χ1n) is 6.92. The molecule has 1 fully saturated rings. The smallest absolute Gasteiger partial charge is 0.266 e. The van der Waals surface area contributed by atoms with Gasteiger partial charge in [-0.2, -0.15) is 0 Å². The molecule has 0 saturated carbocycles. The van der Waals surface area contributed by atoms with E-state index in [-0.39, 0.29) is 21.4 Å². The first kappa shape index (κ1) is 16.4. The molecule has 1 unspecified atom stereocenters. The number of hydrogen-bond donors (Lipinski definition) is 1. The summed E-state index contributed by atoms with van der Waals surface area (Å²) in [5, 5.41) is 0.456. The summed E-state index contributed by atoms with van der Waals surface area (Å²) < 4.78 is 32.2. The van der Waals surface area contributed by atoms with Crippen LogP contribution in [0.3, 0.4) is 0 Å². The summed E-state index contributed by atoms with van der Waals surface area (Å²) >= 11 is 11.7. The Bertz CT molecular complexity index is 830. The van der Waals surface area contributed by atoms with Gasteiger partial charge in [-0.05, 0) is 43.2 Å². The maximum absolute atomic E-state index is 12.4. The fourth-order valence-electron chi connectivity index (χ4n) is 2.57. The number of carbonyl (C=O) groups excluding carboxylic acids is 1. The third-order valence-corrected chi connectivity index (χ3v) is 5.76. The van der Waals surface area contributed by atoms with Crippen LogP contribution in [-0.2, 0) is 14.8 Å². The Morgan fingerprint density at radius 3 is 2.78 bits per heavy atom. The summed E-state index contributed by atoms with van der Waals surface area (Å²) in [7, 11) is -3.93. The van der Waals surface area contributed by atoms with Crippen LogP contribution in [-0.4, -0.2) is 20.9 Å². The van der Waals surface area contributed by atoms with Crippen LogP contribution in [0, 0.1) is 5.92 Å². The molecule has 1 amide bonds. The molecule has 1 saturated heterocycles. The molecule has 23 heavy (non-hydrogen) atoms. The van der Waals surface area contributed by atoms with Gasteiger partial charge in [0, 0.05) is 10.9 Å². The molecule has 1 heterocycles. The number of allylic oxidation sites excluding steroid dienone is 4. The highest BCUT2D eigenvalue weighted by Gasteiger charge is 2.32. The van der Waals surface area contributed by atoms with Crippen molar-refractivity contribution in [3.63, 3.8) is 0 Å². The van der Waals surface area contributed by atoms with Gasteiger partial charge >= 0.3 is 0 Å². The lowest BCUT2D eigenvalue weighted by Crippen LogP contribution is -2.32. The van der Waals surface area contributed by atoms with Crippen LogP contribution >= 0.6 is 23.2 Å². The monoisotopic (exact) mass is 373 g/mol. The Morgan fingerprint density at radius 2 is 2.04 bits per heavy atom. The van der Waals surface area contributed by atoms with Crippen LogP contribution in [0.15, 0.2) is 41.0 Å². The molecule has 0 radical (unpaired) electrons. The fourth-order valence-corrected chi connectivity index (χ4v) is 4.21. The summed E-state index contributed by atoms with van der Waals surface area (Å²) in [6, 6.07) is 4.24. The van der Waals surface area contributed by atoms with Crippen molar-refractivity contribution in [3.05, 3.63) is 56.6 Å². The number of carbonyl (C=O) groups is 1. The molecule has 1 atom stereocenters. The first-order chi connectivity index (χ1) is 10.9. The number of fused-ring (bicyclic) bond motifs is 1. The number of halogens is 2. The van der Waals surface area contributed by atoms with Crippen molar-refractivity contribution < 1.29 is 17.9 Å². The van der Waals surface area contributed by atoms with Crippen LogP contribution in [0.2, 0.25) is 10.0 Å². The Kier molecular flexibility index (Phi) is 4.40. The number of hydrogen-bond acceptors (Lipinski definition) is 4. The van der Waals surface area contributed by atoms with Crippen LogP contribution in [0.4, 0.5) is 0 Å². The van der Waals surface area contributed by atoms with Crippen molar-refractivity contribution in [3.8, 4) is 0 Å². The van der Waals surface area contributed by atoms with Gasteiger partial charge < -0.3 is 4.74 Å². The second kappa shape index (κ2) is 6.19. The molecule has 3 rings (SSSR count). The summed E-state index contributed by atoms with van der Waals surface area (Å²) in [5.41, 5.74) is 0.0523. The second-order valence-corrected chi connectivity index (χ2v) is 7.88. The number of amides is 1. The number of benzene rings is 1. The molecule has 5 nitrogen and oxygen atoms in total. The highest BCUT2D eigenvalue weighted by Crippen LogP contribution is 2.35. The SMILES string of the molecule is O=C(NS(=O)(=O)C1=CC=C2OCCC2C1)c1ccc(Cl)cc1Cl. The zero-order valence-electron chi connectivity index (χ0n) is 11.9. The van der Waals surface area contributed by atoms with Gasteiger partial charge in [0.05, 0.1) is 27.9 Å². The number of ether oxygens (including phenoxy) is 1. The van der Waals surface area contributed by atoms with E-state index in [0.29, 0.717) is 18.1 Å². The predicted molar refractivity (Wildman–Crippen MR) is 87.7 cm³/mol. The molecule has 0 spiro atoms. The minimum Gasteiger partial charge on any atom is -0.498 e. The second-order valence-electron chi connectivity index (χ2n) is 5.30. The van der Waals surface area contributed by atoms with Crippen molar-refractivity contribution in [2.24, 2.45) is 5.92 Å². The van der Waals surface area contributed by atoms with Gasteiger partial charge in [-0.1, -0.05) is 23.2 Å². The molecule has 0 bridgehead atoms. The average Bonchev–Trinajstić information content (AvgIpc) is 2.93. The zero-order chi connectivity index (χ0) is 16.6. The molecule has 8 heteroatoms. The zero-order valence-corrected chi connectivity index (χ0v) is 14.2. The highest BCUT2D eigenvalue weighted by molar-refractivity contribution is 7.93. The molecule has 1 aromatic rings. The van der Waals surface area contributed by atoms with Crippen LogP contribution < -0.4 is 4.72 Å². The lowest BCUT2D eigenvalue weighted by atomic mass is 9.98. The third kappa shape index (κ3) is 3.39. The lowest BCUT2D eigenvalue weighted by Gasteiger charge is -2.17. The minimum absolute atomic E-state index is 0.0523. The molecule has 1 N–H and O–H groups in total. The molecule has 1 aliphatic carbocycles. The first-order valence-corrected chi connectivity index (χ1v) is 9.16. The van der Waals surface area contributed by atoms with Crippen LogP contribution in [0.25, 0.3) is 0 Å². The Balaban J connectivity index is 1.80. The third-order valence-electron chi connectivity index (χ3n) is 3.77. The van der Waals surface area contributed by atoms with Gasteiger partial charge in [-0.3, -0.25) is 4.79 Å². The summed E-state index contributed by atoms with van der Waals surface area (Å²) in [5.74, 6) is 0.0711. The normalized spacial score (nSPS) is 20.2. The topological polar surface area (TPSA) is 72.5 Å². The summed E-state index contributed by atoms with van der Waals surface area (Å²) in [6.07, 6.45) is 4.21. The van der Waals surface area contributed by atoms with Crippen molar-refractivity contribution in [1.82, 2.24) is 4.72 Å². The lowest BCUT2D eigenvalue weighted by molar-refractivity contribution is 0.0982. The predicted octanol–water partition coefficient (Wildman–Crippen LogP) is 3.26. The number of nitrogens with one attached hydrogen (secondary N) is 1. The van der Waals surface area contributed by atoms with E-state index in [9.17, 15) is 13.2 Å². The van der Waals surface area contributed by atoms with Gasteiger partial charge in [0.2, 0.25) is 0 Å². The van der Waals surface area contributed by atoms with Crippen LogP contribution in [0.1, 0.15) is 23.2 Å². The van der Waals surface area contributed by atoms with E-state index in [1.807, 2.05) is 4.72 Å². The van der Waals surface area contributed by atoms with Gasteiger partial charge in [0.1, 0.15) is 0 Å². The minimum atomic E-state index is -3.93. The summed E-state index contributed by atoms with van der Waals surface area (Å²) in [4.78, 5) is 12.3. The molecule has 1 aliphatic heterocycles. The van der Waals surface area contributed by atoms with E-state index >= 15 is 0 Å².